The molecule has 0 amide bonds. The maximum absolute atomic E-state index is 2.62. The van der Waals surface area contributed by atoms with Gasteiger partial charge in [0.1, 0.15) is 0 Å². The van der Waals surface area contributed by atoms with Gasteiger partial charge in [-0.3, -0.25) is 0 Å². The summed E-state index contributed by atoms with van der Waals surface area (Å²) in [4.78, 5) is 0. The molecule has 368 valence electrons. The van der Waals surface area contributed by atoms with Gasteiger partial charge < -0.3 is 0 Å². The standard InChI is InChI=1S/C74H72/c1-69(2,3)44-28-30-50-58(37-44)73(13,14)60-39-46(71(7,8)9)35-56(63(50)60)65-53-32-41-22-17-18-23-42(41)33-54(53)66(68-55-34-43-24-19-20-25-48(43)49-26-21-27-52(62(49)55)67(65)68)57-36-47(72(10,11)12)40-61-64(57)51-31-29-45(70(4,5)6)38-59(51)74(61,15)16/h17-40H,1-16H3. The molecule has 13 rings (SSSR count). The minimum atomic E-state index is -0.215. The Morgan fingerprint density at radius 2 is 0.662 bits per heavy atom. The molecule has 0 aromatic heterocycles. The fraction of sp³-hybridized carbons (Fsp3) is 0.297. The Balaban J connectivity index is 1.29. The number of hydrogen-bond acceptors (Lipinski definition) is 0. The second kappa shape index (κ2) is 15.0. The normalized spacial score (nSPS) is 15.2. The van der Waals surface area contributed by atoms with Crippen LogP contribution in [0.2, 0.25) is 0 Å². The molecule has 0 nitrogen and oxygen atoms in total. The molecule has 3 aliphatic carbocycles. The third kappa shape index (κ3) is 6.52. The van der Waals surface area contributed by atoms with Crippen molar-refractivity contribution < 1.29 is 0 Å². The van der Waals surface area contributed by atoms with E-state index >= 15 is 0 Å². The topological polar surface area (TPSA) is 0 Å². The summed E-state index contributed by atoms with van der Waals surface area (Å²) in [7, 11) is 0. The van der Waals surface area contributed by atoms with Crippen molar-refractivity contribution in [2.24, 2.45) is 0 Å². The second-order valence-electron chi connectivity index (χ2n) is 27.8. The SMILES string of the molecule is CC(C)(C)c1ccc2c(c1)C(C)(C)c1cc(C(C)(C)C)cc(-c3c4c(c(-c5cc(C(C)(C)C)cc6c5-c5ccc(C(C)(C)C)cc5C6(C)C)c5cc6ccccc6cc35)-c3cc5ccccc5c5cccc-4c35)c1-2. The van der Waals surface area contributed by atoms with Gasteiger partial charge in [0.05, 0.1) is 0 Å². The zero-order valence-corrected chi connectivity index (χ0v) is 46.9. The van der Waals surface area contributed by atoms with Crippen molar-refractivity contribution in [3.63, 3.8) is 0 Å². The van der Waals surface area contributed by atoms with Crippen LogP contribution in [-0.2, 0) is 32.5 Å². The zero-order chi connectivity index (χ0) is 52.1. The fourth-order valence-corrected chi connectivity index (χ4v) is 13.7. The number of rotatable bonds is 2. The van der Waals surface area contributed by atoms with Crippen LogP contribution in [0.15, 0.2) is 146 Å². The van der Waals surface area contributed by atoms with Crippen LogP contribution in [0.3, 0.4) is 0 Å². The smallest absolute Gasteiger partial charge is 0.0159 e. The minimum absolute atomic E-state index is 0.0233. The van der Waals surface area contributed by atoms with Crippen molar-refractivity contribution in [3.05, 3.63) is 190 Å². The van der Waals surface area contributed by atoms with E-state index in [9.17, 15) is 0 Å². The van der Waals surface area contributed by atoms with Gasteiger partial charge in [-0.25, -0.2) is 0 Å². The molecule has 0 heteroatoms. The summed E-state index contributed by atoms with van der Waals surface area (Å²) in [5.74, 6) is 0. The third-order valence-electron chi connectivity index (χ3n) is 18.1. The van der Waals surface area contributed by atoms with Gasteiger partial charge in [0.2, 0.25) is 0 Å². The molecule has 74 heavy (non-hydrogen) atoms. The number of fused-ring (bicyclic) bond motifs is 13. The van der Waals surface area contributed by atoms with E-state index < -0.39 is 0 Å². The molecular weight excluding hydrogens is 889 g/mol. The molecule has 10 aromatic rings. The maximum atomic E-state index is 2.62. The molecule has 0 aliphatic heterocycles. The lowest BCUT2D eigenvalue weighted by molar-refractivity contribution is 0.579. The van der Waals surface area contributed by atoms with Gasteiger partial charge in [-0.15, -0.1) is 0 Å². The van der Waals surface area contributed by atoms with Crippen molar-refractivity contribution >= 4 is 43.1 Å². The summed E-state index contributed by atoms with van der Waals surface area (Å²) in [6, 6.07) is 58.4. The first-order valence-corrected chi connectivity index (χ1v) is 27.4. The van der Waals surface area contributed by atoms with Crippen LogP contribution in [0.1, 0.15) is 155 Å². The Bertz CT molecular complexity index is 4130. The van der Waals surface area contributed by atoms with Gasteiger partial charge >= 0.3 is 0 Å². The molecule has 10 aromatic carbocycles. The minimum Gasteiger partial charge on any atom is -0.0616 e. The number of hydrogen-bond donors (Lipinski definition) is 0. The highest BCUT2D eigenvalue weighted by Gasteiger charge is 2.44. The highest BCUT2D eigenvalue weighted by Crippen LogP contribution is 2.64. The van der Waals surface area contributed by atoms with Crippen LogP contribution in [0.4, 0.5) is 0 Å². The van der Waals surface area contributed by atoms with Crippen molar-refractivity contribution in [1.82, 2.24) is 0 Å². The zero-order valence-electron chi connectivity index (χ0n) is 46.9. The van der Waals surface area contributed by atoms with E-state index in [1.807, 2.05) is 0 Å². The van der Waals surface area contributed by atoms with E-state index in [1.165, 1.54) is 154 Å². The van der Waals surface area contributed by atoms with Crippen LogP contribution in [-0.4, -0.2) is 0 Å². The molecule has 0 fully saturated rings. The summed E-state index contributed by atoms with van der Waals surface area (Å²) in [5, 5.41) is 10.4. The largest absolute Gasteiger partial charge is 0.0616 e. The molecule has 3 aliphatic rings. The Kier molecular flexibility index (Phi) is 9.50. The van der Waals surface area contributed by atoms with Crippen LogP contribution in [0, 0.1) is 0 Å². The summed E-state index contributed by atoms with van der Waals surface area (Å²) in [6.07, 6.45) is 0. The van der Waals surface area contributed by atoms with Gasteiger partial charge in [-0.1, -0.05) is 226 Å². The maximum Gasteiger partial charge on any atom is 0.0159 e. The van der Waals surface area contributed by atoms with E-state index in [-0.39, 0.29) is 32.5 Å². The predicted molar refractivity (Wildman–Crippen MR) is 322 cm³/mol. The summed E-state index contributed by atoms with van der Waals surface area (Å²) in [6.45, 7) is 38.5. The molecule has 0 spiro atoms. The average Bonchev–Trinajstić information content (AvgIpc) is 3.91. The first-order valence-electron chi connectivity index (χ1n) is 27.4. The van der Waals surface area contributed by atoms with Crippen LogP contribution in [0.5, 0.6) is 0 Å². The third-order valence-corrected chi connectivity index (χ3v) is 18.1. The first kappa shape index (κ1) is 47.0. The number of benzene rings is 10. The van der Waals surface area contributed by atoms with Crippen molar-refractivity contribution in [2.75, 3.05) is 0 Å². The molecule has 0 saturated carbocycles. The molecule has 0 bridgehead atoms. The van der Waals surface area contributed by atoms with Crippen LogP contribution >= 0.6 is 0 Å². The summed E-state index contributed by atoms with van der Waals surface area (Å²) >= 11 is 0. The average molecular weight is 961 g/mol. The second-order valence-corrected chi connectivity index (χ2v) is 27.8. The van der Waals surface area contributed by atoms with Gasteiger partial charge in [-0.05, 0) is 206 Å². The Labute approximate surface area is 440 Å². The lowest BCUT2D eigenvalue weighted by Crippen LogP contribution is -2.19. The molecule has 0 radical (unpaired) electrons. The van der Waals surface area contributed by atoms with Gasteiger partial charge in [0, 0.05) is 10.8 Å². The van der Waals surface area contributed by atoms with Crippen LogP contribution < -0.4 is 0 Å². The monoisotopic (exact) mass is 961 g/mol. The Morgan fingerprint density at radius 3 is 1.12 bits per heavy atom. The van der Waals surface area contributed by atoms with Crippen molar-refractivity contribution in [2.45, 2.75) is 143 Å². The predicted octanol–water partition coefficient (Wildman–Crippen LogP) is 21.1. The molecule has 0 unspecified atom stereocenters. The van der Waals surface area contributed by atoms with E-state index in [4.69, 9.17) is 0 Å². The van der Waals surface area contributed by atoms with E-state index in [0.29, 0.717) is 0 Å². The molecule has 0 saturated heterocycles. The molecule has 0 heterocycles. The first-order chi connectivity index (χ1) is 34.7. The van der Waals surface area contributed by atoms with Gasteiger partial charge in [0.25, 0.3) is 0 Å². The Morgan fingerprint density at radius 1 is 0.257 bits per heavy atom. The molecular formula is C74H72. The molecule has 0 N–H and O–H groups in total. The summed E-state index contributed by atoms with van der Waals surface area (Å²) < 4.78 is 0. The quantitative estimate of drug-likeness (QED) is 0.120. The summed E-state index contributed by atoms with van der Waals surface area (Å²) in [5.41, 5.74) is 26.9. The Hall–Kier alpha value is -6.76. The lowest BCUT2D eigenvalue weighted by atomic mass is 9.74. The lowest BCUT2D eigenvalue weighted by Gasteiger charge is -2.29. The molecule has 0 atom stereocenters. The van der Waals surface area contributed by atoms with E-state index in [2.05, 4.69) is 256 Å². The fourth-order valence-electron chi connectivity index (χ4n) is 13.7. The van der Waals surface area contributed by atoms with E-state index in [0.717, 1.165) is 0 Å². The highest BCUT2D eigenvalue weighted by molar-refractivity contribution is 6.32. The van der Waals surface area contributed by atoms with Gasteiger partial charge in [0.15, 0.2) is 0 Å². The highest BCUT2D eigenvalue weighted by atomic mass is 14.5. The van der Waals surface area contributed by atoms with Crippen molar-refractivity contribution in [1.29, 1.82) is 0 Å². The van der Waals surface area contributed by atoms with Crippen molar-refractivity contribution in [3.8, 4) is 66.8 Å². The van der Waals surface area contributed by atoms with E-state index in [1.54, 1.807) is 0 Å². The van der Waals surface area contributed by atoms with Gasteiger partial charge in [-0.2, -0.15) is 0 Å². The van der Waals surface area contributed by atoms with Crippen LogP contribution in [0.25, 0.3) is 110 Å².